The maximum absolute atomic E-state index is 13.1. The Hall–Kier alpha value is -4.90. The summed E-state index contributed by atoms with van der Waals surface area (Å²) in [4.78, 5) is 28.6. The van der Waals surface area contributed by atoms with Gasteiger partial charge >= 0.3 is 5.97 Å². The van der Waals surface area contributed by atoms with Crippen LogP contribution in [0.15, 0.2) is 67.1 Å². The Morgan fingerprint density at radius 3 is 2.62 bits per heavy atom. The molecule has 0 radical (unpaired) electrons. The van der Waals surface area contributed by atoms with E-state index in [0.717, 1.165) is 0 Å². The molecule has 37 heavy (non-hydrogen) atoms. The van der Waals surface area contributed by atoms with Gasteiger partial charge in [0, 0.05) is 52.0 Å². The third-order valence-corrected chi connectivity index (χ3v) is 5.48. The van der Waals surface area contributed by atoms with E-state index in [9.17, 15) is 9.59 Å². The number of anilines is 2. The largest absolute Gasteiger partial charge is 0.479 e. The quantitative estimate of drug-likeness (QED) is 0.135. The van der Waals surface area contributed by atoms with Crippen molar-refractivity contribution in [2.24, 2.45) is 5.73 Å². The normalized spacial score (nSPS) is 10.5. The number of aromatic amines is 1. The second kappa shape index (κ2) is 11.2. The number of aromatic nitrogens is 3. The molecule has 0 unspecified atom stereocenters. The summed E-state index contributed by atoms with van der Waals surface area (Å²) in [7, 11) is 0. The van der Waals surface area contributed by atoms with Crippen LogP contribution in [0.5, 0.6) is 5.75 Å². The van der Waals surface area contributed by atoms with Gasteiger partial charge in [-0.25, -0.2) is 4.79 Å². The highest BCUT2D eigenvalue weighted by atomic mass is 35.5. The zero-order chi connectivity index (χ0) is 26.4. The molecule has 0 aliphatic rings. The fourth-order valence-electron chi connectivity index (χ4n) is 3.49. The first-order chi connectivity index (χ1) is 17.8. The van der Waals surface area contributed by atoms with Gasteiger partial charge in [0.1, 0.15) is 11.5 Å². The Morgan fingerprint density at radius 1 is 1.16 bits per heavy atom. The van der Waals surface area contributed by atoms with Crippen LogP contribution in [0.4, 0.5) is 11.4 Å². The average molecular weight is 520 g/mol. The van der Waals surface area contributed by atoms with E-state index in [-0.39, 0.29) is 18.1 Å². The number of carboxylic acid groups (broad SMARTS) is 1. The number of nitrogens with zero attached hydrogens (tertiary/aromatic N) is 2. The molecule has 1 amide bonds. The number of nitrogens with two attached hydrogens (primary N) is 1. The molecule has 2 aromatic carbocycles. The second-order valence-corrected chi connectivity index (χ2v) is 8.24. The second-order valence-electron chi connectivity index (χ2n) is 7.81. The van der Waals surface area contributed by atoms with Crippen LogP contribution in [0.2, 0.25) is 5.02 Å². The van der Waals surface area contributed by atoms with Crippen LogP contribution in [-0.4, -0.2) is 44.6 Å². The molecule has 0 fully saturated rings. The van der Waals surface area contributed by atoms with Gasteiger partial charge in [-0.2, -0.15) is 5.10 Å². The number of pyridine rings is 1. The van der Waals surface area contributed by atoms with Gasteiger partial charge in [-0.1, -0.05) is 11.6 Å². The van der Waals surface area contributed by atoms with E-state index in [1.54, 1.807) is 61.1 Å². The smallest absolute Gasteiger partial charge is 0.341 e. The van der Waals surface area contributed by atoms with Gasteiger partial charge in [0.15, 0.2) is 12.4 Å². The fourth-order valence-corrected chi connectivity index (χ4v) is 3.66. The van der Waals surface area contributed by atoms with Crippen molar-refractivity contribution in [2.75, 3.05) is 17.2 Å². The van der Waals surface area contributed by atoms with Crippen molar-refractivity contribution in [2.45, 2.75) is 6.54 Å². The summed E-state index contributed by atoms with van der Waals surface area (Å²) in [5.41, 5.74) is 9.00. The Morgan fingerprint density at radius 2 is 1.95 bits per heavy atom. The molecular weight excluding hydrogens is 498 g/mol. The molecule has 11 nitrogen and oxygen atoms in total. The van der Waals surface area contributed by atoms with Crippen LogP contribution < -0.4 is 21.1 Å². The van der Waals surface area contributed by atoms with Crippen molar-refractivity contribution >= 4 is 40.7 Å². The molecule has 2 heterocycles. The molecule has 0 aliphatic carbocycles. The lowest BCUT2D eigenvalue weighted by Crippen LogP contribution is -2.16. The maximum Gasteiger partial charge on any atom is 0.341 e. The first-order valence-electron chi connectivity index (χ1n) is 10.9. The summed E-state index contributed by atoms with van der Waals surface area (Å²) in [5, 5.41) is 29.6. The molecular formula is C25H22ClN7O4. The Labute approximate surface area is 216 Å². The van der Waals surface area contributed by atoms with Crippen LogP contribution in [0.3, 0.4) is 0 Å². The highest BCUT2D eigenvalue weighted by Gasteiger charge is 2.17. The number of carbonyl (C=O) groups is 2. The van der Waals surface area contributed by atoms with Crippen LogP contribution in [0.25, 0.3) is 11.3 Å². The summed E-state index contributed by atoms with van der Waals surface area (Å²) in [6.07, 6.45) is 4.75. The lowest BCUT2D eigenvalue weighted by atomic mass is 10.1. The summed E-state index contributed by atoms with van der Waals surface area (Å²) in [6, 6.07) is 13.1. The third-order valence-electron chi connectivity index (χ3n) is 5.25. The van der Waals surface area contributed by atoms with E-state index in [1.807, 2.05) is 0 Å². The third kappa shape index (κ3) is 6.21. The first kappa shape index (κ1) is 25.2. The SMILES string of the molecule is N=C(N)c1ccc(NC(=O)c2cc(Cl)ccc2NCc2ccnc(-c3cn[nH]c3)c2OCC(=O)O)cc1. The summed E-state index contributed by atoms with van der Waals surface area (Å²) >= 11 is 6.17. The summed E-state index contributed by atoms with van der Waals surface area (Å²) < 4.78 is 5.58. The van der Waals surface area contributed by atoms with Crippen molar-refractivity contribution < 1.29 is 19.4 Å². The lowest BCUT2D eigenvalue weighted by molar-refractivity contribution is -0.139. The molecule has 0 aliphatic heterocycles. The zero-order valence-electron chi connectivity index (χ0n) is 19.3. The standard InChI is InChI=1S/C25H22ClN7O4/c26-17-3-6-20(19(9-17)25(36)33-18-4-1-14(2-5-18)24(27)28)30-10-15-7-8-29-22(16-11-31-32-12-16)23(15)37-13-21(34)35/h1-9,11-12,30H,10,13H2,(H3,27,28)(H,31,32)(H,33,36)(H,34,35). The fraction of sp³-hybridized carbons (Fsp3) is 0.0800. The predicted molar refractivity (Wildman–Crippen MR) is 139 cm³/mol. The lowest BCUT2D eigenvalue weighted by Gasteiger charge is -2.16. The number of carbonyl (C=O) groups excluding carboxylic acids is 1. The molecule has 0 bridgehead atoms. The molecule has 7 N–H and O–H groups in total. The zero-order valence-corrected chi connectivity index (χ0v) is 20.0. The van der Waals surface area contributed by atoms with E-state index < -0.39 is 18.5 Å². The number of benzene rings is 2. The van der Waals surface area contributed by atoms with Crippen LogP contribution in [-0.2, 0) is 11.3 Å². The molecule has 2 aromatic heterocycles. The molecule has 0 atom stereocenters. The molecule has 0 saturated heterocycles. The molecule has 4 aromatic rings. The molecule has 12 heteroatoms. The van der Waals surface area contributed by atoms with E-state index in [4.69, 9.17) is 32.6 Å². The minimum Gasteiger partial charge on any atom is -0.479 e. The highest BCUT2D eigenvalue weighted by Crippen LogP contribution is 2.32. The van der Waals surface area contributed by atoms with Crippen molar-refractivity contribution in [3.63, 3.8) is 0 Å². The van der Waals surface area contributed by atoms with Crippen molar-refractivity contribution in [3.8, 4) is 17.0 Å². The average Bonchev–Trinajstić information content (AvgIpc) is 3.42. The van der Waals surface area contributed by atoms with Crippen LogP contribution >= 0.6 is 11.6 Å². The number of aliphatic carboxylic acids is 1. The van der Waals surface area contributed by atoms with Gasteiger partial charge in [-0.3, -0.25) is 20.3 Å². The van der Waals surface area contributed by atoms with Gasteiger partial charge < -0.3 is 26.2 Å². The number of amidine groups is 1. The number of hydrogen-bond acceptors (Lipinski definition) is 7. The minimum atomic E-state index is -1.13. The number of nitrogens with one attached hydrogen (secondary N) is 4. The van der Waals surface area contributed by atoms with E-state index >= 15 is 0 Å². The number of ether oxygens (including phenoxy) is 1. The molecule has 0 saturated carbocycles. The van der Waals surface area contributed by atoms with Gasteiger partial charge in [-0.05, 0) is 48.5 Å². The summed E-state index contributed by atoms with van der Waals surface area (Å²) in [6.45, 7) is -0.363. The van der Waals surface area contributed by atoms with Crippen molar-refractivity contribution in [1.82, 2.24) is 15.2 Å². The highest BCUT2D eigenvalue weighted by molar-refractivity contribution is 6.31. The monoisotopic (exact) mass is 519 g/mol. The Bertz CT molecular complexity index is 1440. The van der Waals surface area contributed by atoms with Crippen molar-refractivity contribution in [1.29, 1.82) is 5.41 Å². The molecule has 188 valence electrons. The number of amides is 1. The van der Waals surface area contributed by atoms with Crippen LogP contribution in [0, 0.1) is 5.41 Å². The van der Waals surface area contributed by atoms with Gasteiger partial charge in [-0.15, -0.1) is 0 Å². The Kier molecular flexibility index (Phi) is 7.65. The Balaban J connectivity index is 1.58. The number of rotatable bonds is 10. The number of halogens is 1. The van der Waals surface area contributed by atoms with E-state index in [2.05, 4.69) is 25.8 Å². The number of hydrogen-bond donors (Lipinski definition) is 6. The van der Waals surface area contributed by atoms with Gasteiger partial charge in [0.05, 0.1) is 11.8 Å². The van der Waals surface area contributed by atoms with Gasteiger partial charge in [0.2, 0.25) is 0 Å². The van der Waals surface area contributed by atoms with E-state index in [1.165, 1.54) is 6.07 Å². The number of nitrogen functional groups attached to an aromatic ring is 1. The maximum atomic E-state index is 13.1. The minimum absolute atomic E-state index is 0.0713. The van der Waals surface area contributed by atoms with Gasteiger partial charge in [0.25, 0.3) is 5.91 Å². The molecule has 0 spiro atoms. The number of H-pyrrole nitrogens is 1. The van der Waals surface area contributed by atoms with Crippen LogP contribution in [0.1, 0.15) is 21.5 Å². The van der Waals surface area contributed by atoms with E-state index in [0.29, 0.717) is 44.3 Å². The summed E-state index contributed by atoms with van der Waals surface area (Å²) in [5.74, 6) is -1.33. The predicted octanol–water partition coefficient (Wildman–Crippen LogP) is 3.74. The van der Waals surface area contributed by atoms with Crippen molar-refractivity contribution in [3.05, 3.63) is 88.8 Å². The molecule has 4 rings (SSSR count). The first-order valence-corrected chi connectivity index (χ1v) is 11.3. The number of carboxylic acids is 1. The topological polar surface area (TPSA) is 179 Å².